The average molecular weight is 241 g/mol. The van der Waals surface area contributed by atoms with Gasteiger partial charge in [-0.3, -0.25) is 0 Å². The molecule has 1 aromatic rings. The van der Waals surface area contributed by atoms with Crippen LogP contribution in [0.15, 0.2) is 24.3 Å². The summed E-state index contributed by atoms with van der Waals surface area (Å²) < 4.78 is 0. The summed E-state index contributed by atoms with van der Waals surface area (Å²) >= 11 is 0. The zero-order chi connectivity index (χ0) is 13.0. The zero-order valence-electron chi connectivity index (χ0n) is 11.4. The molecular weight excluding hydrogens is 218 g/mol. The van der Waals surface area contributed by atoms with Crippen molar-refractivity contribution >= 4 is 0 Å². The Hall–Kier alpha value is -1.26. The largest absolute Gasteiger partial charge is 0.310 e. The van der Waals surface area contributed by atoms with E-state index < -0.39 is 0 Å². The first-order valence-electron chi connectivity index (χ1n) is 6.99. The van der Waals surface area contributed by atoms with Gasteiger partial charge in [-0.25, -0.2) is 0 Å². The Bertz CT molecular complexity index is 406. The highest BCUT2D eigenvalue weighted by atomic mass is 15.0. The molecule has 2 rings (SSSR count). The first kappa shape index (κ1) is 13.2. The third-order valence-electron chi connectivity index (χ3n) is 4.02. The molecule has 1 nitrogen and oxygen atoms in total. The van der Waals surface area contributed by atoms with E-state index in [1.165, 1.54) is 24.0 Å². The number of nitrogens with one attached hydrogen (secondary N) is 1. The second-order valence-electron chi connectivity index (χ2n) is 5.46. The Morgan fingerprint density at radius 3 is 2.56 bits per heavy atom. The molecule has 1 N–H and O–H groups in total. The minimum Gasteiger partial charge on any atom is -0.310 e. The van der Waals surface area contributed by atoms with Gasteiger partial charge in [0.15, 0.2) is 0 Å². The lowest BCUT2D eigenvalue weighted by Gasteiger charge is -2.38. The molecule has 0 bridgehead atoms. The maximum Gasteiger partial charge on any atom is 0.0240 e. The highest BCUT2D eigenvalue weighted by molar-refractivity contribution is 5.26. The summed E-state index contributed by atoms with van der Waals surface area (Å²) in [4.78, 5) is 0. The van der Waals surface area contributed by atoms with E-state index in [4.69, 9.17) is 6.42 Å². The number of hydrogen-bond donors (Lipinski definition) is 1. The maximum atomic E-state index is 5.38. The third kappa shape index (κ3) is 3.15. The molecule has 0 radical (unpaired) electrons. The summed E-state index contributed by atoms with van der Waals surface area (Å²) in [6.45, 7) is 4.34. The van der Waals surface area contributed by atoms with Gasteiger partial charge in [-0.05, 0) is 37.7 Å². The molecule has 1 atom stereocenters. The normalized spacial score (nSPS) is 24.1. The first-order valence-corrected chi connectivity index (χ1v) is 6.99. The van der Waals surface area contributed by atoms with Gasteiger partial charge in [0.1, 0.15) is 0 Å². The molecule has 1 aliphatic rings. The predicted octanol–water partition coefficient (Wildman–Crippen LogP) is 3.63. The summed E-state index contributed by atoms with van der Waals surface area (Å²) in [5.41, 5.74) is 2.83. The quantitative estimate of drug-likeness (QED) is 0.776. The summed E-state index contributed by atoms with van der Waals surface area (Å²) in [5.74, 6) is 3.50. The fraction of sp³-hybridized carbons (Fsp3) is 0.529. The van der Waals surface area contributed by atoms with Crippen molar-refractivity contribution in [2.24, 2.45) is 0 Å². The molecule has 1 saturated carbocycles. The Labute approximate surface area is 111 Å². The van der Waals surface area contributed by atoms with Crippen molar-refractivity contribution < 1.29 is 0 Å². The summed E-state index contributed by atoms with van der Waals surface area (Å²) in [7, 11) is 0. The fourth-order valence-corrected chi connectivity index (χ4v) is 2.66. The van der Waals surface area contributed by atoms with E-state index in [1.807, 2.05) is 0 Å². The number of benzene rings is 1. The van der Waals surface area contributed by atoms with Gasteiger partial charge < -0.3 is 5.32 Å². The number of hydrogen-bond acceptors (Lipinski definition) is 1. The van der Waals surface area contributed by atoms with Crippen LogP contribution in [-0.4, -0.2) is 12.1 Å². The lowest BCUT2D eigenvalue weighted by atomic mass is 9.75. The number of aryl methyl sites for hydroxylation is 1. The smallest absolute Gasteiger partial charge is 0.0240 e. The SMILES string of the molecule is C#CCC(CC)NC1CC(c2ccc(C)cc2)C1. The molecular formula is C17H23N. The molecule has 1 heteroatoms. The van der Waals surface area contributed by atoms with Crippen LogP contribution in [0.5, 0.6) is 0 Å². The monoisotopic (exact) mass is 241 g/mol. The van der Waals surface area contributed by atoms with Gasteiger partial charge in [0.05, 0.1) is 0 Å². The van der Waals surface area contributed by atoms with Gasteiger partial charge in [-0.2, -0.15) is 0 Å². The van der Waals surface area contributed by atoms with Gasteiger partial charge in [-0.15, -0.1) is 12.3 Å². The standard InChI is InChI=1S/C17H23N/c1-4-6-16(5-2)18-17-11-15(12-17)14-9-7-13(3)8-10-14/h1,7-10,15-18H,5-6,11-12H2,2-3H3. The second kappa shape index (κ2) is 6.07. The zero-order valence-corrected chi connectivity index (χ0v) is 11.4. The van der Waals surface area contributed by atoms with Gasteiger partial charge in [0, 0.05) is 18.5 Å². The van der Waals surface area contributed by atoms with Crippen LogP contribution in [0, 0.1) is 19.3 Å². The van der Waals surface area contributed by atoms with Crippen molar-refractivity contribution in [1.29, 1.82) is 0 Å². The molecule has 1 aliphatic carbocycles. The Morgan fingerprint density at radius 1 is 1.33 bits per heavy atom. The molecule has 96 valence electrons. The molecule has 18 heavy (non-hydrogen) atoms. The van der Waals surface area contributed by atoms with E-state index in [0.29, 0.717) is 12.1 Å². The van der Waals surface area contributed by atoms with Crippen LogP contribution in [0.1, 0.15) is 49.7 Å². The van der Waals surface area contributed by atoms with E-state index >= 15 is 0 Å². The van der Waals surface area contributed by atoms with Crippen molar-refractivity contribution in [1.82, 2.24) is 5.32 Å². The van der Waals surface area contributed by atoms with Crippen LogP contribution in [0.2, 0.25) is 0 Å². The van der Waals surface area contributed by atoms with Crippen LogP contribution in [0.3, 0.4) is 0 Å². The van der Waals surface area contributed by atoms with Crippen LogP contribution in [0.25, 0.3) is 0 Å². The molecule has 0 heterocycles. The first-order chi connectivity index (χ1) is 8.72. The van der Waals surface area contributed by atoms with Crippen molar-refractivity contribution in [2.75, 3.05) is 0 Å². The summed E-state index contributed by atoms with van der Waals surface area (Å²) in [6.07, 6.45) is 9.86. The van der Waals surface area contributed by atoms with Crippen molar-refractivity contribution in [2.45, 2.75) is 57.5 Å². The van der Waals surface area contributed by atoms with E-state index in [1.54, 1.807) is 0 Å². The van der Waals surface area contributed by atoms with Gasteiger partial charge in [0.25, 0.3) is 0 Å². The molecule has 0 saturated heterocycles. The van der Waals surface area contributed by atoms with Gasteiger partial charge >= 0.3 is 0 Å². The van der Waals surface area contributed by atoms with E-state index in [9.17, 15) is 0 Å². The van der Waals surface area contributed by atoms with E-state index in [2.05, 4.69) is 49.4 Å². The predicted molar refractivity (Wildman–Crippen MR) is 77.6 cm³/mol. The summed E-state index contributed by atoms with van der Waals surface area (Å²) in [6, 6.07) is 10.1. The number of terminal acetylenes is 1. The molecule has 0 amide bonds. The fourth-order valence-electron chi connectivity index (χ4n) is 2.66. The molecule has 1 fully saturated rings. The van der Waals surface area contributed by atoms with Gasteiger partial charge in [0.2, 0.25) is 0 Å². The highest BCUT2D eigenvalue weighted by Crippen LogP contribution is 2.37. The number of rotatable bonds is 5. The Morgan fingerprint density at radius 2 is 2.00 bits per heavy atom. The molecule has 1 unspecified atom stereocenters. The Kier molecular flexibility index (Phi) is 4.44. The molecule has 1 aromatic carbocycles. The van der Waals surface area contributed by atoms with Crippen LogP contribution in [0.4, 0.5) is 0 Å². The molecule has 0 aliphatic heterocycles. The lowest BCUT2D eigenvalue weighted by Crippen LogP contribution is -2.45. The van der Waals surface area contributed by atoms with Crippen LogP contribution >= 0.6 is 0 Å². The lowest BCUT2D eigenvalue weighted by molar-refractivity contribution is 0.262. The minimum atomic E-state index is 0.499. The third-order valence-corrected chi connectivity index (χ3v) is 4.02. The maximum absolute atomic E-state index is 5.38. The highest BCUT2D eigenvalue weighted by Gasteiger charge is 2.30. The molecule has 0 spiro atoms. The van der Waals surface area contributed by atoms with Crippen LogP contribution < -0.4 is 5.32 Å². The average Bonchev–Trinajstić information content (AvgIpc) is 2.33. The van der Waals surface area contributed by atoms with Gasteiger partial charge in [-0.1, -0.05) is 36.8 Å². The van der Waals surface area contributed by atoms with Crippen molar-refractivity contribution in [3.05, 3.63) is 35.4 Å². The Balaban J connectivity index is 1.80. The topological polar surface area (TPSA) is 12.0 Å². The second-order valence-corrected chi connectivity index (χ2v) is 5.46. The molecule has 0 aromatic heterocycles. The van der Waals surface area contributed by atoms with Crippen molar-refractivity contribution in [3.8, 4) is 12.3 Å². The van der Waals surface area contributed by atoms with E-state index in [-0.39, 0.29) is 0 Å². The van der Waals surface area contributed by atoms with Crippen molar-refractivity contribution in [3.63, 3.8) is 0 Å². The van der Waals surface area contributed by atoms with E-state index in [0.717, 1.165) is 18.8 Å². The minimum absolute atomic E-state index is 0.499. The van der Waals surface area contributed by atoms with Crippen LogP contribution in [-0.2, 0) is 0 Å². The summed E-state index contributed by atoms with van der Waals surface area (Å²) in [5, 5.41) is 3.67.